The van der Waals surface area contributed by atoms with Gasteiger partial charge in [-0.05, 0) is 35.9 Å². The van der Waals surface area contributed by atoms with Crippen LogP contribution in [0.3, 0.4) is 0 Å². The molecule has 1 fully saturated rings. The molecule has 2 aromatic rings. The molecule has 0 aromatic carbocycles. The lowest BCUT2D eigenvalue weighted by Gasteiger charge is -2.21. The van der Waals surface area contributed by atoms with Gasteiger partial charge in [-0.25, -0.2) is 0 Å². The third-order valence-electron chi connectivity index (χ3n) is 3.63. The number of hydrogen-bond donors (Lipinski definition) is 1. The van der Waals surface area contributed by atoms with Crippen LogP contribution >= 0.6 is 11.3 Å². The van der Waals surface area contributed by atoms with E-state index in [1.165, 1.54) is 23.3 Å². The van der Waals surface area contributed by atoms with Crippen molar-refractivity contribution in [1.82, 2.24) is 15.2 Å². The summed E-state index contributed by atoms with van der Waals surface area (Å²) in [5, 5.41) is 5.68. The minimum absolute atomic E-state index is 0.817. The zero-order valence-corrected chi connectivity index (χ0v) is 12.5. The first-order chi connectivity index (χ1) is 9.92. The van der Waals surface area contributed by atoms with Gasteiger partial charge in [-0.2, -0.15) is 0 Å². The largest absolute Gasteiger partial charge is 0.311 e. The van der Waals surface area contributed by atoms with Crippen LogP contribution in [0.25, 0.3) is 0 Å². The van der Waals surface area contributed by atoms with Crippen LogP contribution in [-0.4, -0.2) is 29.0 Å². The van der Waals surface area contributed by atoms with Gasteiger partial charge < -0.3 is 5.32 Å². The van der Waals surface area contributed by atoms with Crippen molar-refractivity contribution in [1.29, 1.82) is 0 Å². The summed E-state index contributed by atoms with van der Waals surface area (Å²) in [5.41, 5.74) is 1.25. The summed E-state index contributed by atoms with van der Waals surface area (Å²) in [6.07, 6.45) is 6.48. The van der Waals surface area contributed by atoms with Gasteiger partial charge in [0.05, 0.1) is 0 Å². The Morgan fingerprint density at radius 1 is 1.30 bits per heavy atom. The quantitative estimate of drug-likeness (QED) is 0.757. The number of nitrogens with zero attached hydrogens (tertiary/aromatic N) is 2. The molecule has 0 aliphatic heterocycles. The Morgan fingerprint density at radius 2 is 2.25 bits per heavy atom. The van der Waals surface area contributed by atoms with E-state index in [1.807, 2.05) is 29.8 Å². The molecule has 3 rings (SSSR count). The molecule has 1 aliphatic rings. The Morgan fingerprint density at radius 3 is 2.95 bits per heavy atom. The lowest BCUT2D eigenvalue weighted by molar-refractivity contribution is 0.256. The highest BCUT2D eigenvalue weighted by atomic mass is 32.1. The highest BCUT2D eigenvalue weighted by molar-refractivity contribution is 7.09. The monoisotopic (exact) mass is 287 g/mol. The van der Waals surface area contributed by atoms with E-state index in [4.69, 9.17) is 0 Å². The van der Waals surface area contributed by atoms with Crippen molar-refractivity contribution in [2.45, 2.75) is 32.0 Å². The zero-order chi connectivity index (χ0) is 13.6. The molecular formula is C16H21N3S. The SMILES string of the molecule is c1cncc(CNCCN(Cc2cccs2)C2CC2)c1. The molecule has 2 aromatic heterocycles. The zero-order valence-electron chi connectivity index (χ0n) is 11.7. The first-order valence-corrected chi connectivity index (χ1v) is 8.16. The number of pyridine rings is 1. The van der Waals surface area contributed by atoms with E-state index in [1.54, 1.807) is 0 Å². The summed E-state index contributed by atoms with van der Waals surface area (Å²) >= 11 is 1.86. The normalized spacial score (nSPS) is 14.8. The van der Waals surface area contributed by atoms with Crippen molar-refractivity contribution < 1.29 is 0 Å². The Hall–Kier alpha value is -1.23. The van der Waals surface area contributed by atoms with Crippen LogP contribution in [0.15, 0.2) is 42.0 Å². The fraction of sp³-hybridized carbons (Fsp3) is 0.438. The molecule has 0 saturated heterocycles. The van der Waals surface area contributed by atoms with Gasteiger partial charge in [0, 0.05) is 49.5 Å². The standard InChI is InChI=1S/C16H21N3S/c1-3-14(11-17-7-1)12-18-8-9-19(15-5-6-15)13-16-4-2-10-20-16/h1-4,7,10-11,15,18H,5-6,8-9,12-13H2. The fourth-order valence-electron chi connectivity index (χ4n) is 2.39. The van der Waals surface area contributed by atoms with E-state index in [2.05, 4.69) is 38.8 Å². The summed E-state index contributed by atoms with van der Waals surface area (Å²) in [7, 11) is 0. The van der Waals surface area contributed by atoms with E-state index < -0.39 is 0 Å². The Labute approximate surface area is 124 Å². The van der Waals surface area contributed by atoms with Gasteiger partial charge in [0.1, 0.15) is 0 Å². The second-order valence-electron chi connectivity index (χ2n) is 5.32. The van der Waals surface area contributed by atoms with E-state index in [9.17, 15) is 0 Å². The molecule has 0 unspecified atom stereocenters. The topological polar surface area (TPSA) is 28.2 Å². The van der Waals surface area contributed by atoms with Gasteiger partial charge in [0.2, 0.25) is 0 Å². The lowest BCUT2D eigenvalue weighted by Crippen LogP contribution is -2.33. The average Bonchev–Trinajstić information content (AvgIpc) is 3.21. The van der Waals surface area contributed by atoms with Crippen molar-refractivity contribution in [3.05, 3.63) is 52.5 Å². The molecule has 106 valence electrons. The van der Waals surface area contributed by atoms with Crippen molar-refractivity contribution in [2.75, 3.05) is 13.1 Å². The van der Waals surface area contributed by atoms with Gasteiger partial charge in [-0.1, -0.05) is 12.1 Å². The van der Waals surface area contributed by atoms with Crippen LogP contribution in [0.2, 0.25) is 0 Å². The number of hydrogen-bond acceptors (Lipinski definition) is 4. The van der Waals surface area contributed by atoms with Gasteiger partial charge in [0.15, 0.2) is 0 Å². The molecule has 20 heavy (non-hydrogen) atoms. The van der Waals surface area contributed by atoms with Crippen molar-refractivity contribution in [2.24, 2.45) is 0 Å². The van der Waals surface area contributed by atoms with E-state index in [-0.39, 0.29) is 0 Å². The number of rotatable bonds is 8. The average molecular weight is 287 g/mol. The van der Waals surface area contributed by atoms with Crippen LogP contribution in [0.4, 0.5) is 0 Å². The van der Waals surface area contributed by atoms with Crippen molar-refractivity contribution in [3.63, 3.8) is 0 Å². The molecule has 1 N–H and O–H groups in total. The van der Waals surface area contributed by atoms with Crippen LogP contribution in [0, 0.1) is 0 Å². The summed E-state index contributed by atoms with van der Waals surface area (Å²) in [4.78, 5) is 8.23. The lowest BCUT2D eigenvalue weighted by atomic mass is 10.3. The van der Waals surface area contributed by atoms with Crippen molar-refractivity contribution in [3.8, 4) is 0 Å². The summed E-state index contributed by atoms with van der Waals surface area (Å²) < 4.78 is 0. The first-order valence-electron chi connectivity index (χ1n) is 7.28. The minimum Gasteiger partial charge on any atom is -0.311 e. The molecule has 0 bridgehead atoms. The second kappa shape index (κ2) is 6.97. The van der Waals surface area contributed by atoms with Gasteiger partial charge in [-0.3, -0.25) is 9.88 Å². The fourth-order valence-corrected chi connectivity index (χ4v) is 3.12. The number of aromatic nitrogens is 1. The van der Waals surface area contributed by atoms with E-state index in [0.717, 1.165) is 32.2 Å². The molecule has 0 radical (unpaired) electrons. The molecule has 4 heteroatoms. The molecular weight excluding hydrogens is 266 g/mol. The van der Waals surface area contributed by atoms with Crippen LogP contribution in [0.1, 0.15) is 23.3 Å². The van der Waals surface area contributed by atoms with Gasteiger partial charge in [-0.15, -0.1) is 11.3 Å². The van der Waals surface area contributed by atoms with E-state index in [0.29, 0.717) is 0 Å². The Kier molecular flexibility index (Phi) is 4.79. The van der Waals surface area contributed by atoms with Crippen molar-refractivity contribution >= 4 is 11.3 Å². The highest BCUT2D eigenvalue weighted by Crippen LogP contribution is 2.28. The summed E-state index contributed by atoms with van der Waals surface area (Å²) in [5.74, 6) is 0. The predicted molar refractivity (Wildman–Crippen MR) is 83.7 cm³/mol. The van der Waals surface area contributed by atoms with Gasteiger partial charge >= 0.3 is 0 Å². The van der Waals surface area contributed by atoms with Gasteiger partial charge in [0.25, 0.3) is 0 Å². The maximum Gasteiger partial charge on any atom is 0.0331 e. The second-order valence-corrected chi connectivity index (χ2v) is 6.35. The highest BCUT2D eigenvalue weighted by Gasteiger charge is 2.28. The Bertz CT molecular complexity index is 494. The van der Waals surface area contributed by atoms with Crippen LogP contribution < -0.4 is 5.32 Å². The molecule has 2 heterocycles. The first kappa shape index (κ1) is 13.7. The molecule has 3 nitrogen and oxygen atoms in total. The third kappa shape index (κ3) is 4.13. The molecule has 1 saturated carbocycles. The van der Waals surface area contributed by atoms with Crippen LogP contribution in [0.5, 0.6) is 0 Å². The third-order valence-corrected chi connectivity index (χ3v) is 4.49. The number of thiophene rings is 1. The molecule has 0 spiro atoms. The maximum absolute atomic E-state index is 4.14. The summed E-state index contributed by atoms with van der Waals surface area (Å²) in [6.45, 7) is 4.18. The maximum atomic E-state index is 4.14. The molecule has 1 aliphatic carbocycles. The molecule has 0 atom stereocenters. The predicted octanol–water partition coefficient (Wildman–Crippen LogP) is 2.90. The number of nitrogens with one attached hydrogen (secondary N) is 1. The van der Waals surface area contributed by atoms with E-state index >= 15 is 0 Å². The molecule has 0 amide bonds. The summed E-state index contributed by atoms with van der Waals surface area (Å²) in [6, 6.07) is 9.31. The minimum atomic E-state index is 0.817. The Balaban J connectivity index is 1.41. The van der Waals surface area contributed by atoms with Crippen LogP contribution in [-0.2, 0) is 13.1 Å². The smallest absolute Gasteiger partial charge is 0.0331 e.